The monoisotopic (exact) mass is 621 g/mol. The van der Waals surface area contributed by atoms with Crippen molar-refractivity contribution in [1.29, 1.82) is 0 Å². The van der Waals surface area contributed by atoms with Crippen molar-refractivity contribution in [2.24, 2.45) is 5.92 Å². The first kappa shape index (κ1) is 28.9. The van der Waals surface area contributed by atoms with E-state index >= 15 is 0 Å². The quantitative estimate of drug-likeness (QED) is 0.199. The van der Waals surface area contributed by atoms with Gasteiger partial charge in [0.25, 0.3) is 5.91 Å². The lowest BCUT2D eigenvalue weighted by Crippen LogP contribution is -2.20. The molecule has 0 aliphatic heterocycles. The summed E-state index contributed by atoms with van der Waals surface area (Å²) in [6.07, 6.45) is 0. The molecule has 1 aliphatic carbocycles. The van der Waals surface area contributed by atoms with E-state index in [-0.39, 0.29) is 15.7 Å². The van der Waals surface area contributed by atoms with Gasteiger partial charge in [0.15, 0.2) is 17.5 Å². The fraction of sp³-hybridized carbons (Fsp3) is 0.160. The van der Waals surface area contributed by atoms with Crippen molar-refractivity contribution in [2.75, 3.05) is 16.0 Å². The van der Waals surface area contributed by atoms with Gasteiger partial charge in [-0.15, -0.1) is 23.2 Å². The smallest absolute Gasteiger partial charge is 0.258 e. The number of rotatable bonds is 6. The van der Waals surface area contributed by atoms with Gasteiger partial charge in [-0.05, 0) is 35.9 Å². The zero-order valence-corrected chi connectivity index (χ0v) is 22.5. The second-order valence-corrected chi connectivity index (χ2v) is 10.8. The first-order valence-corrected chi connectivity index (χ1v) is 12.4. The van der Waals surface area contributed by atoms with Gasteiger partial charge in [-0.3, -0.25) is 14.4 Å². The van der Waals surface area contributed by atoms with Gasteiger partial charge in [0.05, 0.1) is 27.2 Å². The zero-order valence-electron chi connectivity index (χ0n) is 19.4. The van der Waals surface area contributed by atoms with Crippen molar-refractivity contribution >= 4 is 81.2 Å². The minimum atomic E-state index is -1.60. The van der Waals surface area contributed by atoms with Crippen molar-refractivity contribution < 1.29 is 31.9 Å². The zero-order chi connectivity index (χ0) is 28.8. The van der Waals surface area contributed by atoms with Gasteiger partial charge < -0.3 is 16.0 Å². The van der Waals surface area contributed by atoms with Crippen LogP contribution in [0.15, 0.2) is 42.5 Å². The van der Waals surface area contributed by atoms with Crippen molar-refractivity contribution in [2.45, 2.75) is 17.2 Å². The molecule has 4 rings (SSSR count). The number of anilines is 3. The molecule has 204 valence electrons. The van der Waals surface area contributed by atoms with Crippen LogP contribution in [0.3, 0.4) is 0 Å². The number of halogens is 8. The number of carbonyl (C=O) groups excluding carboxylic acids is 3. The van der Waals surface area contributed by atoms with E-state index in [4.69, 9.17) is 46.4 Å². The molecule has 0 saturated heterocycles. The third-order valence-electron chi connectivity index (χ3n) is 5.82. The minimum Gasteiger partial charge on any atom is -0.326 e. The average Bonchev–Trinajstić information content (AvgIpc) is 3.44. The van der Waals surface area contributed by atoms with Crippen LogP contribution in [0.5, 0.6) is 0 Å². The largest absolute Gasteiger partial charge is 0.326 e. The normalized spacial score (nSPS) is 17.4. The van der Waals surface area contributed by atoms with Crippen LogP contribution in [0.25, 0.3) is 0 Å². The summed E-state index contributed by atoms with van der Waals surface area (Å²) in [7, 11) is 0. The maximum atomic E-state index is 14.7. The van der Waals surface area contributed by atoms with E-state index in [1.807, 2.05) is 10.6 Å². The highest BCUT2D eigenvalue weighted by molar-refractivity contribution is 6.53. The van der Waals surface area contributed by atoms with Gasteiger partial charge >= 0.3 is 0 Å². The number of nitrogens with one attached hydrogen (secondary N) is 3. The number of hydrogen-bond acceptors (Lipinski definition) is 3. The summed E-state index contributed by atoms with van der Waals surface area (Å²) in [5, 5.41) is 6.74. The van der Waals surface area contributed by atoms with E-state index in [9.17, 15) is 31.9 Å². The van der Waals surface area contributed by atoms with Crippen LogP contribution in [0.4, 0.5) is 34.6 Å². The maximum absolute atomic E-state index is 14.7. The third-order valence-corrected chi connectivity index (χ3v) is 7.50. The molecular weight excluding hydrogens is 608 g/mol. The van der Waals surface area contributed by atoms with Gasteiger partial charge in [-0.2, -0.15) is 0 Å². The van der Waals surface area contributed by atoms with Crippen molar-refractivity contribution in [1.82, 2.24) is 0 Å². The third kappa shape index (κ3) is 5.79. The van der Waals surface area contributed by atoms with E-state index in [1.54, 1.807) is 6.07 Å². The summed E-state index contributed by atoms with van der Waals surface area (Å²) in [5.41, 5.74) is -2.20. The molecule has 0 unspecified atom stereocenters. The summed E-state index contributed by atoms with van der Waals surface area (Å²) in [6.45, 7) is 1.01. The highest BCUT2D eigenvalue weighted by Crippen LogP contribution is 2.65. The number of carbonyl (C=O) groups is 3. The van der Waals surface area contributed by atoms with E-state index in [0.29, 0.717) is 11.6 Å². The minimum absolute atomic E-state index is 0.211. The standard InChI is InChI=1S/C25H15Cl4F4N3O3/c1-9(37)34-22-15(30)4-5-17(21(22)33)36-23(38)12-7-11(8-16(31)20(12)32)35-24(39)19-18(25(19,28)29)10-2-3-13(26)14(27)6-10/h2-8,18-19H,1H3,(H,34,37)(H,35,39)(H,36,38)/t18-,19+/m0/s1. The lowest BCUT2D eigenvalue weighted by atomic mass is 10.1. The molecule has 6 nitrogen and oxygen atoms in total. The Kier molecular flexibility index (Phi) is 8.05. The van der Waals surface area contributed by atoms with E-state index in [0.717, 1.165) is 25.1 Å². The molecule has 3 N–H and O–H groups in total. The summed E-state index contributed by atoms with van der Waals surface area (Å²) in [4.78, 5) is 36.8. The molecule has 1 aliphatic rings. The van der Waals surface area contributed by atoms with E-state index < -0.39 is 74.1 Å². The highest BCUT2D eigenvalue weighted by Gasteiger charge is 2.67. The first-order chi connectivity index (χ1) is 18.2. The summed E-state index contributed by atoms with van der Waals surface area (Å²) >= 11 is 24.5. The molecular formula is C25H15Cl4F4N3O3. The second kappa shape index (κ2) is 10.8. The predicted molar refractivity (Wildman–Crippen MR) is 141 cm³/mol. The number of amides is 3. The Hall–Kier alpha value is -3.05. The van der Waals surface area contributed by atoms with Gasteiger partial charge in [-0.25, -0.2) is 17.6 Å². The summed E-state index contributed by atoms with van der Waals surface area (Å²) < 4.78 is 55.9. The number of hydrogen-bond donors (Lipinski definition) is 3. The van der Waals surface area contributed by atoms with E-state index in [1.165, 1.54) is 12.1 Å². The van der Waals surface area contributed by atoms with Crippen LogP contribution in [0, 0.1) is 29.2 Å². The molecule has 2 atom stereocenters. The topological polar surface area (TPSA) is 87.3 Å². The Balaban J connectivity index is 1.56. The van der Waals surface area contributed by atoms with Gasteiger partial charge in [-0.1, -0.05) is 29.3 Å². The highest BCUT2D eigenvalue weighted by atomic mass is 35.5. The van der Waals surface area contributed by atoms with Gasteiger partial charge in [0, 0.05) is 24.6 Å². The van der Waals surface area contributed by atoms with Crippen LogP contribution < -0.4 is 16.0 Å². The Morgan fingerprint density at radius 2 is 1.51 bits per heavy atom. The second-order valence-electron chi connectivity index (χ2n) is 8.53. The Bertz CT molecular complexity index is 1540. The van der Waals surface area contributed by atoms with Crippen molar-refractivity contribution in [3.8, 4) is 0 Å². The van der Waals surface area contributed by atoms with Crippen molar-refractivity contribution in [3.05, 3.63) is 86.9 Å². The van der Waals surface area contributed by atoms with Crippen LogP contribution in [0.1, 0.15) is 28.8 Å². The molecule has 0 heterocycles. The number of benzene rings is 3. The molecule has 3 amide bonds. The molecule has 1 saturated carbocycles. The molecule has 3 aromatic rings. The van der Waals surface area contributed by atoms with Crippen LogP contribution >= 0.6 is 46.4 Å². The Morgan fingerprint density at radius 3 is 2.15 bits per heavy atom. The summed E-state index contributed by atoms with van der Waals surface area (Å²) in [5.74, 6) is -10.2. The average molecular weight is 623 g/mol. The first-order valence-electron chi connectivity index (χ1n) is 10.9. The predicted octanol–water partition coefficient (Wildman–Crippen LogP) is 7.29. The lowest BCUT2D eigenvalue weighted by molar-refractivity contribution is -0.117. The molecule has 3 aromatic carbocycles. The van der Waals surface area contributed by atoms with Crippen LogP contribution in [0.2, 0.25) is 10.0 Å². The maximum Gasteiger partial charge on any atom is 0.258 e. The molecule has 0 aromatic heterocycles. The molecule has 1 fully saturated rings. The summed E-state index contributed by atoms with van der Waals surface area (Å²) in [6, 6.07) is 7.58. The van der Waals surface area contributed by atoms with Gasteiger partial charge in [0.1, 0.15) is 15.8 Å². The molecule has 14 heteroatoms. The fourth-order valence-corrected chi connectivity index (χ4v) is 5.08. The number of alkyl halides is 2. The molecule has 0 radical (unpaired) electrons. The molecule has 0 bridgehead atoms. The molecule has 0 spiro atoms. The molecule has 39 heavy (non-hydrogen) atoms. The fourth-order valence-electron chi connectivity index (χ4n) is 3.95. The Morgan fingerprint density at radius 1 is 0.821 bits per heavy atom. The SMILES string of the molecule is CC(=O)Nc1c(F)ccc(NC(=O)c2cc(NC(=O)[C@H]3[C@H](c4ccc(Cl)c(Cl)c4)C3(Cl)Cl)cc(F)c2F)c1F. The van der Waals surface area contributed by atoms with Crippen molar-refractivity contribution in [3.63, 3.8) is 0 Å². The van der Waals surface area contributed by atoms with Crippen LogP contribution in [-0.4, -0.2) is 22.1 Å². The van der Waals surface area contributed by atoms with E-state index in [2.05, 4.69) is 5.32 Å². The lowest BCUT2D eigenvalue weighted by Gasteiger charge is -2.13. The Labute approximate surface area is 238 Å². The van der Waals surface area contributed by atoms with Crippen LogP contribution in [-0.2, 0) is 9.59 Å². The van der Waals surface area contributed by atoms with Gasteiger partial charge in [0.2, 0.25) is 11.8 Å².